The molecule has 1 aromatic carbocycles. The molecule has 17 heavy (non-hydrogen) atoms. The Bertz CT molecular complexity index is 380. The van der Waals surface area contributed by atoms with Crippen molar-refractivity contribution in [3.05, 3.63) is 29.8 Å². The number of carbonyl (C=O) groups is 1. The first kappa shape index (κ1) is 13.8. The largest absolute Gasteiger partial charge is 0.508 e. The van der Waals surface area contributed by atoms with Crippen molar-refractivity contribution < 1.29 is 14.6 Å². The van der Waals surface area contributed by atoms with Gasteiger partial charge in [-0.2, -0.15) is 0 Å². The third kappa shape index (κ3) is 2.90. The van der Waals surface area contributed by atoms with Crippen molar-refractivity contribution in [1.29, 1.82) is 0 Å². The first-order valence-electron chi connectivity index (χ1n) is 5.32. The number of halogens is 1. The van der Waals surface area contributed by atoms with E-state index in [9.17, 15) is 9.90 Å². The molecule has 0 aromatic heterocycles. The Morgan fingerprint density at radius 1 is 1.41 bits per heavy atom. The van der Waals surface area contributed by atoms with Crippen LogP contribution >= 0.6 is 12.4 Å². The third-order valence-electron chi connectivity index (χ3n) is 3.00. The molecule has 1 aliphatic rings. The number of esters is 1. The van der Waals surface area contributed by atoms with E-state index in [4.69, 9.17) is 4.74 Å². The van der Waals surface area contributed by atoms with Gasteiger partial charge in [-0.3, -0.25) is 4.79 Å². The Kier molecular flexibility index (Phi) is 4.78. The summed E-state index contributed by atoms with van der Waals surface area (Å²) in [5.41, 5.74) is 1.05. The molecule has 1 saturated heterocycles. The van der Waals surface area contributed by atoms with Gasteiger partial charge < -0.3 is 15.2 Å². The highest BCUT2D eigenvalue weighted by molar-refractivity contribution is 5.85. The molecule has 1 aromatic rings. The van der Waals surface area contributed by atoms with E-state index in [1.54, 1.807) is 12.1 Å². The molecular formula is C12H16ClNO3. The Labute approximate surface area is 106 Å². The van der Waals surface area contributed by atoms with Crippen molar-refractivity contribution in [3.63, 3.8) is 0 Å². The molecule has 0 unspecified atom stereocenters. The second-order valence-corrected chi connectivity index (χ2v) is 3.94. The topological polar surface area (TPSA) is 58.6 Å². The molecule has 0 spiro atoms. The Morgan fingerprint density at radius 2 is 2.06 bits per heavy atom. The van der Waals surface area contributed by atoms with Crippen LogP contribution in [0.5, 0.6) is 5.75 Å². The van der Waals surface area contributed by atoms with Gasteiger partial charge in [-0.1, -0.05) is 12.1 Å². The van der Waals surface area contributed by atoms with Gasteiger partial charge in [0, 0.05) is 5.92 Å². The molecule has 2 atom stereocenters. The van der Waals surface area contributed by atoms with E-state index in [-0.39, 0.29) is 36.1 Å². The number of hydrogen-bond acceptors (Lipinski definition) is 4. The minimum absolute atomic E-state index is 0. The van der Waals surface area contributed by atoms with Gasteiger partial charge in [0.1, 0.15) is 11.8 Å². The third-order valence-corrected chi connectivity index (χ3v) is 3.00. The number of nitrogens with one attached hydrogen (secondary N) is 1. The lowest BCUT2D eigenvalue weighted by Gasteiger charge is -2.17. The Balaban J connectivity index is 0.00000144. The summed E-state index contributed by atoms with van der Waals surface area (Å²) in [6.07, 6.45) is 0.907. The van der Waals surface area contributed by atoms with E-state index >= 15 is 0 Å². The summed E-state index contributed by atoms with van der Waals surface area (Å²) in [4.78, 5) is 11.5. The molecule has 0 radical (unpaired) electrons. The average Bonchev–Trinajstić information content (AvgIpc) is 2.78. The van der Waals surface area contributed by atoms with E-state index in [0.717, 1.165) is 18.5 Å². The van der Waals surface area contributed by atoms with E-state index in [1.807, 2.05) is 12.1 Å². The van der Waals surface area contributed by atoms with E-state index in [2.05, 4.69) is 5.32 Å². The molecule has 1 fully saturated rings. The van der Waals surface area contributed by atoms with Crippen molar-refractivity contribution in [2.24, 2.45) is 0 Å². The maximum atomic E-state index is 11.5. The van der Waals surface area contributed by atoms with Gasteiger partial charge in [-0.05, 0) is 30.7 Å². The predicted octanol–water partition coefficient (Wildman–Crippen LogP) is 1.43. The van der Waals surface area contributed by atoms with Crippen LogP contribution in [-0.2, 0) is 9.53 Å². The van der Waals surface area contributed by atoms with E-state index in [0.29, 0.717) is 0 Å². The fraction of sp³-hybridized carbons (Fsp3) is 0.417. The number of methoxy groups -OCH3 is 1. The minimum Gasteiger partial charge on any atom is -0.508 e. The first-order valence-corrected chi connectivity index (χ1v) is 5.32. The lowest BCUT2D eigenvalue weighted by atomic mass is 9.92. The van der Waals surface area contributed by atoms with Crippen molar-refractivity contribution in [2.45, 2.75) is 18.4 Å². The molecule has 5 heteroatoms. The molecule has 4 nitrogen and oxygen atoms in total. The SMILES string of the molecule is COC(=O)[C@H]1NCC[C@@H]1c1ccc(O)cc1.Cl. The lowest BCUT2D eigenvalue weighted by molar-refractivity contribution is -0.143. The number of rotatable bonds is 2. The highest BCUT2D eigenvalue weighted by Crippen LogP contribution is 2.29. The molecule has 1 heterocycles. The zero-order chi connectivity index (χ0) is 11.5. The van der Waals surface area contributed by atoms with E-state index < -0.39 is 0 Å². The number of carbonyl (C=O) groups excluding carboxylic acids is 1. The van der Waals surface area contributed by atoms with Gasteiger partial charge >= 0.3 is 5.97 Å². The molecule has 0 bridgehead atoms. The van der Waals surface area contributed by atoms with Crippen LogP contribution in [0.3, 0.4) is 0 Å². The molecule has 94 valence electrons. The van der Waals surface area contributed by atoms with Gasteiger partial charge in [-0.25, -0.2) is 0 Å². The van der Waals surface area contributed by atoms with Gasteiger partial charge in [0.2, 0.25) is 0 Å². The van der Waals surface area contributed by atoms with Crippen LogP contribution in [0.2, 0.25) is 0 Å². The zero-order valence-electron chi connectivity index (χ0n) is 9.55. The summed E-state index contributed by atoms with van der Waals surface area (Å²) in [6.45, 7) is 0.811. The molecular weight excluding hydrogens is 242 g/mol. The standard InChI is InChI=1S/C12H15NO3.ClH/c1-16-12(15)11-10(6-7-13-11)8-2-4-9(14)5-3-8;/h2-5,10-11,13-14H,6-7H2,1H3;1H/t10-,11+;/m1./s1. The van der Waals surface area contributed by atoms with Crippen LogP contribution in [0.4, 0.5) is 0 Å². The smallest absolute Gasteiger partial charge is 0.323 e. The summed E-state index contributed by atoms with van der Waals surface area (Å²) < 4.78 is 4.76. The van der Waals surface area contributed by atoms with Crippen molar-refractivity contribution in [3.8, 4) is 5.75 Å². The van der Waals surface area contributed by atoms with Crippen LogP contribution in [0.25, 0.3) is 0 Å². The molecule has 0 amide bonds. The van der Waals surface area contributed by atoms with Crippen molar-refractivity contribution >= 4 is 18.4 Å². The van der Waals surface area contributed by atoms with Gasteiger partial charge in [0.25, 0.3) is 0 Å². The molecule has 1 aliphatic heterocycles. The monoisotopic (exact) mass is 257 g/mol. The quantitative estimate of drug-likeness (QED) is 0.787. The van der Waals surface area contributed by atoms with Crippen LogP contribution in [0.15, 0.2) is 24.3 Å². The van der Waals surface area contributed by atoms with Crippen LogP contribution in [0.1, 0.15) is 17.9 Å². The fourth-order valence-corrected chi connectivity index (χ4v) is 2.16. The normalized spacial score (nSPS) is 22.9. The minimum atomic E-state index is -0.269. The maximum absolute atomic E-state index is 11.5. The number of hydrogen-bond donors (Lipinski definition) is 2. The van der Waals surface area contributed by atoms with Crippen molar-refractivity contribution in [1.82, 2.24) is 5.32 Å². The fourth-order valence-electron chi connectivity index (χ4n) is 2.16. The highest BCUT2D eigenvalue weighted by Gasteiger charge is 2.34. The number of ether oxygens (including phenoxy) is 1. The second-order valence-electron chi connectivity index (χ2n) is 3.94. The van der Waals surface area contributed by atoms with Gasteiger partial charge in [-0.15, -0.1) is 12.4 Å². The first-order chi connectivity index (χ1) is 7.72. The number of aromatic hydroxyl groups is 1. The summed E-state index contributed by atoms with van der Waals surface area (Å²) in [7, 11) is 1.40. The highest BCUT2D eigenvalue weighted by atomic mass is 35.5. The molecule has 0 aliphatic carbocycles. The zero-order valence-corrected chi connectivity index (χ0v) is 10.4. The molecule has 2 rings (SSSR count). The molecule has 0 saturated carbocycles. The van der Waals surface area contributed by atoms with Gasteiger partial charge in [0.05, 0.1) is 7.11 Å². The summed E-state index contributed by atoms with van der Waals surface area (Å²) in [5, 5.41) is 12.3. The second kappa shape index (κ2) is 5.89. The number of benzene rings is 1. The Morgan fingerprint density at radius 3 is 2.65 bits per heavy atom. The average molecular weight is 258 g/mol. The van der Waals surface area contributed by atoms with Crippen LogP contribution < -0.4 is 5.32 Å². The van der Waals surface area contributed by atoms with Gasteiger partial charge in [0.15, 0.2) is 0 Å². The van der Waals surface area contributed by atoms with Crippen LogP contribution in [-0.4, -0.2) is 30.8 Å². The lowest BCUT2D eigenvalue weighted by Crippen LogP contribution is -2.35. The van der Waals surface area contributed by atoms with E-state index in [1.165, 1.54) is 7.11 Å². The summed E-state index contributed by atoms with van der Waals surface area (Å²) in [6, 6.07) is 6.71. The number of phenolic OH excluding ortho intramolecular Hbond substituents is 1. The summed E-state index contributed by atoms with van der Waals surface area (Å²) >= 11 is 0. The maximum Gasteiger partial charge on any atom is 0.323 e. The van der Waals surface area contributed by atoms with Crippen LogP contribution in [0, 0.1) is 0 Å². The number of phenols is 1. The molecule has 2 N–H and O–H groups in total. The summed E-state index contributed by atoms with van der Waals surface area (Å²) in [5.74, 6) is 0.146. The Hall–Kier alpha value is -1.26. The van der Waals surface area contributed by atoms with Crippen molar-refractivity contribution in [2.75, 3.05) is 13.7 Å². The predicted molar refractivity (Wildman–Crippen MR) is 66.5 cm³/mol.